The van der Waals surface area contributed by atoms with Crippen LogP contribution in [0.25, 0.3) is 0 Å². The van der Waals surface area contributed by atoms with E-state index < -0.39 is 0 Å². The van der Waals surface area contributed by atoms with Gasteiger partial charge in [-0.1, -0.05) is 18.2 Å². The highest BCUT2D eigenvalue weighted by molar-refractivity contribution is 7.09. The molecule has 0 bridgehead atoms. The minimum Gasteiger partial charge on any atom is -0.350 e. The summed E-state index contributed by atoms with van der Waals surface area (Å²) >= 11 is 1.49. The van der Waals surface area contributed by atoms with Crippen molar-refractivity contribution in [3.8, 4) is 0 Å². The van der Waals surface area contributed by atoms with Crippen molar-refractivity contribution < 1.29 is 9.59 Å². The van der Waals surface area contributed by atoms with Crippen LogP contribution >= 0.6 is 23.7 Å². The molecule has 1 unspecified atom stereocenters. The predicted octanol–water partition coefficient (Wildman–Crippen LogP) is 2.50. The first-order valence-corrected chi connectivity index (χ1v) is 9.82. The molecule has 2 amide bonds. The number of benzene rings is 1. The van der Waals surface area contributed by atoms with Gasteiger partial charge in [-0.2, -0.15) is 0 Å². The zero-order valence-corrected chi connectivity index (χ0v) is 16.7. The van der Waals surface area contributed by atoms with Crippen LogP contribution in [0, 0.1) is 5.92 Å². The van der Waals surface area contributed by atoms with Crippen molar-refractivity contribution >= 4 is 35.6 Å². The Kier molecular flexibility index (Phi) is 8.71. The number of aromatic nitrogens is 1. The van der Waals surface area contributed by atoms with E-state index in [-0.39, 0.29) is 24.2 Å². The van der Waals surface area contributed by atoms with Crippen molar-refractivity contribution in [1.82, 2.24) is 20.9 Å². The third-order valence-corrected chi connectivity index (χ3v) is 5.34. The van der Waals surface area contributed by atoms with Crippen molar-refractivity contribution in [2.75, 3.05) is 13.1 Å². The standard InChI is InChI=1S/C19H24N4O2S.ClH/c24-17(7-6-14-8-9-20-10-14)21-11-16-13-26-18(23-16)12-22-19(25)15-4-2-1-3-5-15;/h1-5,13-14,20H,6-12H2,(H,21,24)(H,22,25);1H. The number of carbonyl (C=O) groups excluding carboxylic acids is 2. The van der Waals surface area contributed by atoms with Gasteiger partial charge in [-0.25, -0.2) is 4.98 Å². The first-order valence-electron chi connectivity index (χ1n) is 8.94. The Hall–Kier alpha value is -1.96. The molecular formula is C19H25ClN4O2S. The first-order chi connectivity index (χ1) is 12.7. The van der Waals surface area contributed by atoms with E-state index in [0.717, 1.165) is 36.6 Å². The molecule has 1 saturated heterocycles. The Morgan fingerprint density at radius 3 is 2.74 bits per heavy atom. The van der Waals surface area contributed by atoms with E-state index in [1.54, 1.807) is 12.1 Å². The highest BCUT2D eigenvalue weighted by Gasteiger charge is 2.15. The first kappa shape index (κ1) is 21.3. The summed E-state index contributed by atoms with van der Waals surface area (Å²) in [6.07, 6.45) is 2.67. The lowest BCUT2D eigenvalue weighted by molar-refractivity contribution is -0.121. The van der Waals surface area contributed by atoms with Gasteiger partial charge in [-0.3, -0.25) is 9.59 Å². The summed E-state index contributed by atoms with van der Waals surface area (Å²) in [5.74, 6) is 0.584. The molecule has 8 heteroatoms. The topological polar surface area (TPSA) is 83.1 Å². The van der Waals surface area contributed by atoms with Crippen LogP contribution in [0.1, 0.15) is 40.3 Å². The minimum absolute atomic E-state index is 0. The molecule has 146 valence electrons. The summed E-state index contributed by atoms with van der Waals surface area (Å²) < 4.78 is 0. The molecule has 1 atom stereocenters. The van der Waals surface area contributed by atoms with E-state index >= 15 is 0 Å². The maximum Gasteiger partial charge on any atom is 0.251 e. The summed E-state index contributed by atoms with van der Waals surface area (Å²) in [4.78, 5) is 28.4. The van der Waals surface area contributed by atoms with Crippen LogP contribution in [-0.4, -0.2) is 29.9 Å². The molecular weight excluding hydrogens is 384 g/mol. The number of carbonyl (C=O) groups is 2. The fourth-order valence-electron chi connectivity index (χ4n) is 2.93. The Morgan fingerprint density at radius 2 is 2.00 bits per heavy atom. The molecule has 1 aromatic carbocycles. The SMILES string of the molecule is Cl.O=C(CCC1CCNC1)NCc1csc(CNC(=O)c2ccccc2)n1. The largest absolute Gasteiger partial charge is 0.350 e. The summed E-state index contributed by atoms with van der Waals surface area (Å²) in [5, 5.41) is 11.9. The van der Waals surface area contributed by atoms with Crippen LogP contribution in [0.5, 0.6) is 0 Å². The number of nitrogens with one attached hydrogen (secondary N) is 3. The summed E-state index contributed by atoms with van der Waals surface area (Å²) in [6, 6.07) is 9.10. The minimum atomic E-state index is -0.114. The van der Waals surface area contributed by atoms with Crippen LogP contribution in [-0.2, 0) is 17.9 Å². The van der Waals surface area contributed by atoms with Gasteiger partial charge in [0.15, 0.2) is 0 Å². The van der Waals surface area contributed by atoms with Gasteiger partial charge in [0, 0.05) is 17.4 Å². The molecule has 1 aliphatic heterocycles. The van der Waals surface area contributed by atoms with Crippen LogP contribution in [0.4, 0.5) is 0 Å². The van der Waals surface area contributed by atoms with E-state index in [4.69, 9.17) is 0 Å². The lowest BCUT2D eigenvalue weighted by atomic mass is 10.0. The molecule has 3 N–H and O–H groups in total. The third-order valence-electron chi connectivity index (χ3n) is 4.44. The number of hydrogen-bond acceptors (Lipinski definition) is 5. The quantitative estimate of drug-likeness (QED) is 0.626. The fraction of sp³-hybridized carbons (Fsp3) is 0.421. The molecule has 6 nitrogen and oxygen atoms in total. The molecule has 2 heterocycles. The van der Waals surface area contributed by atoms with Gasteiger partial charge in [-0.15, -0.1) is 23.7 Å². The molecule has 1 fully saturated rings. The van der Waals surface area contributed by atoms with Gasteiger partial charge in [0.1, 0.15) is 5.01 Å². The average Bonchev–Trinajstić information content (AvgIpc) is 3.35. The average molecular weight is 409 g/mol. The smallest absolute Gasteiger partial charge is 0.251 e. The summed E-state index contributed by atoms with van der Waals surface area (Å²) in [7, 11) is 0. The van der Waals surface area contributed by atoms with Gasteiger partial charge in [0.25, 0.3) is 5.91 Å². The van der Waals surface area contributed by atoms with Crippen LogP contribution < -0.4 is 16.0 Å². The number of amides is 2. The predicted molar refractivity (Wildman–Crippen MR) is 109 cm³/mol. The number of thiazole rings is 1. The van der Waals surface area contributed by atoms with Gasteiger partial charge < -0.3 is 16.0 Å². The summed E-state index contributed by atoms with van der Waals surface area (Å²) in [6.45, 7) is 2.91. The van der Waals surface area contributed by atoms with E-state index in [2.05, 4.69) is 20.9 Å². The second-order valence-electron chi connectivity index (χ2n) is 6.46. The van der Waals surface area contributed by atoms with Crippen molar-refractivity contribution in [1.29, 1.82) is 0 Å². The second-order valence-corrected chi connectivity index (χ2v) is 7.40. The highest BCUT2D eigenvalue weighted by Crippen LogP contribution is 2.14. The van der Waals surface area contributed by atoms with E-state index in [1.807, 2.05) is 23.6 Å². The molecule has 27 heavy (non-hydrogen) atoms. The highest BCUT2D eigenvalue weighted by atomic mass is 35.5. The molecule has 1 aliphatic rings. The van der Waals surface area contributed by atoms with Crippen molar-refractivity contribution in [3.05, 3.63) is 52.0 Å². The lowest BCUT2D eigenvalue weighted by Crippen LogP contribution is -2.24. The summed E-state index contributed by atoms with van der Waals surface area (Å²) in [5.41, 5.74) is 1.46. The second kappa shape index (κ2) is 11.0. The van der Waals surface area contributed by atoms with E-state index in [9.17, 15) is 9.59 Å². The molecule has 1 aromatic heterocycles. The lowest BCUT2D eigenvalue weighted by Gasteiger charge is -2.07. The molecule has 3 rings (SSSR count). The van der Waals surface area contributed by atoms with Crippen molar-refractivity contribution in [2.45, 2.75) is 32.4 Å². The Morgan fingerprint density at radius 1 is 1.19 bits per heavy atom. The molecule has 0 radical (unpaired) electrons. The fourth-order valence-corrected chi connectivity index (χ4v) is 3.67. The van der Waals surface area contributed by atoms with Crippen LogP contribution in [0.15, 0.2) is 35.7 Å². The van der Waals surface area contributed by atoms with Crippen LogP contribution in [0.2, 0.25) is 0 Å². The van der Waals surface area contributed by atoms with E-state index in [0.29, 0.717) is 31.0 Å². The molecule has 0 aliphatic carbocycles. The zero-order chi connectivity index (χ0) is 18.2. The molecule has 0 saturated carbocycles. The van der Waals surface area contributed by atoms with Gasteiger partial charge in [-0.05, 0) is 44.0 Å². The number of rotatable bonds is 8. The zero-order valence-electron chi connectivity index (χ0n) is 15.1. The molecule has 0 spiro atoms. The van der Waals surface area contributed by atoms with Gasteiger partial charge in [0.2, 0.25) is 5.91 Å². The normalized spacial score (nSPS) is 15.8. The maximum absolute atomic E-state index is 12.0. The van der Waals surface area contributed by atoms with E-state index in [1.165, 1.54) is 11.3 Å². The van der Waals surface area contributed by atoms with Gasteiger partial charge >= 0.3 is 0 Å². The number of halogens is 1. The van der Waals surface area contributed by atoms with Crippen LogP contribution in [0.3, 0.4) is 0 Å². The Bertz CT molecular complexity index is 732. The van der Waals surface area contributed by atoms with Crippen molar-refractivity contribution in [2.24, 2.45) is 5.92 Å². The maximum atomic E-state index is 12.0. The third kappa shape index (κ3) is 6.93. The number of nitrogens with zero attached hydrogens (tertiary/aromatic N) is 1. The van der Waals surface area contributed by atoms with Crippen molar-refractivity contribution in [3.63, 3.8) is 0 Å². The monoisotopic (exact) mass is 408 g/mol. The number of hydrogen-bond donors (Lipinski definition) is 3. The molecule has 2 aromatic rings. The van der Waals surface area contributed by atoms with Gasteiger partial charge in [0.05, 0.1) is 18.8 Å². The Labute approximate surface area is 169 Å². The Balaban J connectivity index is 0.00000261.